The van der Waals surface area contributed by atoms with Crippen molar-refractivity contribution >= 4 is 0 Å². The average molecular weight is 223 g/mol. The Balaban J connectivity index is 1.62. The molecule has 3 rings (SSSR count). The molecule has 2 nitrogen and oxygen atoms in total. The zero-order valence-corrected chi connectivity index (χ0v) is 10.3. The minimum Gasteiger partial charge on any atom is -0.388 e. The fourth-order valence-corrected chi connectivity index (χ4v) is 3.75. The summed E-state index contributed by atoms with van der Waals surface area (Å²) in [5.41, 5.74) is -0.326. The highest BCUT2D eigenvalue weighted by Gasteiger charge is 2.46. The highest BCUT2D eigenvalue weighted by Crippen LogP contribution is 2.40. The van der Waals surface area contributed by atoms with E-state index in [-0.39, 0.29) is 5.60 Å². The van der Waals surface area contributed by atoms with Gasteiger partial charge in [0.2, 0.25) is 0 Å². The standard InChI is InChI=1S/C14H25NO/c16-14(12-5-3-1-2-4-6-12)9-10-15(11-14)13-7-8-13/h12-13,16H,1-11H2. The number of hydrogen-bond acceptors (Lipinski definition) is 2. The van der Waals surface area contributed by atoms with Crippen LogP contribution in [0.4, 0.5) is 0 Å². The van der Waals surface area contributed by atoms with Gasteiger partial charge in [0, 0.05) is 19.1 Å². The molecule has 0 aromatic carbocycles. The molecular weight excluding hydrogens is 198 g/mol. The van der Waals surface area contributed by atoms with Gasteiger partial charge < -0.3 is 5.11 Å². The van der Waals surface area contributed by atoms with Crippen LogP contribution in [0.5, 0.6) is 0 Å². The van der Waals surface area contributed by atoms with Crippen LogP contribution in [0.15, 0.2) is 0 Å². The molecule has 0 radical (unpaired) electrons. The quantitative estimate of drug-likeness (QED) is 0.727. The van der Waals surface area contributed by atoms with Gasteiger partial charge in [0.05, 0.1) is 5.60 Å². The molecule has 0 aromatic rings. The minimum absolute atomic E-state index is 0.326. The summed E-state index contributed by atoms with van der Waals surface area (Å²) < 4.78 is 0. The van der Waals surface area contributed by atoms with Crippen molar-refractivity contribution in [1.82, 2.24) is 4.90 Å². The Morgan fingerprint density at radius 1 is 0.938 bits per heavy atom. The summed E-state index contributed by atoms with van der Waals surface area (Å²) in [6.07, 6.45) is 11.8. The van der Waals surface area contributed by atoms with Crippen molar-refractivity contribution < 1.29 is 5.11 Å². The third-order valence-corrected chi connectivity index (χ3v) is 4.99. The molecule has 1 atom stereocenters. The first-order valence-electron chi connectivity index (χ1n) is 7.24. The first-order valence-corrected chi connectivity index (χ1v) is 7.24. The van der Waals surface area contributed by atoms with E-state index in [1.807, 2.05) is 0 Å². The summed E-state index contributed by atoms with van der Waals surface area (Å²) in [6, 6.07) is 0.833. The maximum absolute atomic E-state index is 10.8. The number of likely N-dealkylation sites (tertiary alicyclic amines) is 1. The van der Waals surface area contributed by atoms with E-state index in [1.54, 1.807) is 0 Å². The normalized spacial score (nSPS) is 38.8. The van der Waals surface area contributed by atoms with Gasteiger partial charge in [-0.1, -0.05) is 25.7 Å². The van der Waals surface area contributed by atoms with Crippen LogP contribution < -0.4 is 0 Å². The third-order valence-electron chi connectivity index (χ3n) is 4.99. The van der Waals surface area contributed by atoms with Gasteiger partial charge >= 0.3 is 0 Å². The predicted octanol–water partition coefficient (Wildman–Crippen LogP) is 2.56. The van der Waals surface area contributed by atoms with Crippen molar-refractivity contribution in [1.29, 1.82) is 0 Å². The molecule has 0 bridgehead atoms. The average Bonchev–Trinajstić information content (AvgIpc) is 3.08. The van der Waals surface area contributed by atoms with Crippen LogP contribution in [-0.2, 0) is 0 Å². The summed E-state index contributed by atoms with van der Waals surface area (Å²) >= 11 is 0. The highest BCUT2D eigenvalue weighted by atomic mass is 16.3. The van der Waals surface area contributed by atoms with Crippen LogP contribution >= 0.6 is 0 Å². The van der Waals surface area contributed by atoms with Crippen LogP contribution in [0.2, 0.25) is 0 Å². The van der Waals surface area contributed by atoms with E-state index in [0.29, 0.717) is 5.92 Å². The SMILES string of the molecule is OC1(C2CCCCCC2)CCN(C2CC2)C1. The number of aliphatic hydroxyl groups is 1. The summed E-state index contributed by atoms with van der Waals surface area (Å²) in [6.45, 7) is 2.12. The molecule has 1 saturated heterocycles. The minimum atomic E-state index is -0.326. The van der Waals surface area contributed by atoms with Crippen molar-refractivity contribution in [3.05, 3.63) is 0 Å². The maximum Gasteiger partial charge on any atom is 0.0814 e. The third kappa shape index (κ3) is 2.14. The summed E-state index contributed by atoms with van der Waals surface area (Å²) in [5, 5.41) is 10.8. The molecule has 0 aromatic heterocycles. The van der Waals surface area contributed by atoms with Gasteiger partial charge in [0.15, 0.2) is 0 Å². The van der Waals surface area contributed by atoms with Gasteiger partial charge in [-0.05, 0) is 38.0 Å². The lowest BCUT2D eigenvalue weighted by molar-refractivity contribution is -0.0158. The molecule has 2 heteroatoms. The largest absolute Gasteiger partial charge is 0.388 e. The summed E-state index contributed by atoms with van der Waals surface area (Å²) in [7, 11) is 0. The maximum atomic E-state index is 10.8. The number of hydrogen-bond donors (Lipinski definition) is 1. The predicted molar refractivity (Wildman–Crippen MR) is 65.4 cm³/mol. The second-order valence-electron chi connectivity index (χ2n) is 6.24. The van der Waals surface area contributed by atoms with Gasteiger partial charge in [-0.15, -0.1) is 0 Å². The smallest absolute Gasteiger partial charge is 0.0814 e. The van der Waals surface area contributed by atoms with Crippen LogP contribution in [0.1, 0.15) is 57.8 Å². The second-order valence-corrected chi connectivity index (χ2v) is 6.24. The number of rotatable bonds is 2. The topological polar surface area (TPSA) is 23.5 Å². The molecule has 0 amide bonds. The molecule has 1 unspecified atom stereocenters. The molecule has 92 valence electrons. The molecule has 3 fully saturated rings. The second kappa shape index (κ2) is 4.30. The van der Waals surface area contributed by atoms with Crippen molar-refractivity contribution in [2.24, 2.45) is 5.92 Å². The molecular formula is C14H25NO. The Kier molecular flexibility index (Phi) is 2.97. The van der Waals surface area contributed by atoms with Gasteiger partial charge in [-0.25, -0.2) is 0 Å². The zero-order chi connectivity index (χ0) is 11.0. The monoisotopic (exact) mass is 223 g/mol. The van der Waals surface area contributed by atoms with Crippen molar-refractivity contribution in [3.8, 4) is 0 Å². The van der Waals surface area contributed by atoms with Crippen LogP contribution in [-0.4, -0.2) is 34.7 Å². The van der Waals surface area contributed by atoms with E-state index in [4.69, 9.17) is 0 Å². The summed E-state index contributed by atoms with van der Waals surface area (Å²) in [5.74, 6) is 0.596. The molecule has 1 heterocycles. The van der Waals surface area contributed by atoms with Gasteiger partial charge in [-0.2, -0.15) is 0 Å². The van der Waals surface area contributed by atoms with Gasteiger partial charge in [-0.3, -0.25) is 4.90 Å². The van der Waals surface area contributed by atoms with E-state index in [9.17, 15) is 5.11 Å². The Bertz CT molecular complexity index is 243. The van der Waals surface area contributed by atoms with Crippen LogP contribution in [0.25, 0.3) is 0 Å². The van der Waals surface area contributed by atoms with Crippen molar-refractivity contribution in [2.45, 2.75) is 69.4 Å². The van der Waals surface area contributed by atoms with E-state index in [1.165, 1.54) is 51.4 Å². The van der Waals surface area contributed by atoms with E-state index < -0.39 is 0 Å². The Labute approximate surface area is 99.0 Å². The first kappa shape index (κ1) is 11.0. The van der Waals surface area contributed by atoms with E-state index in [0.717, 1.165) is 25.6 Å². The Morgan fingerprint density at radius 3 is 2.25 bits per heavy atom. The zero-order valence-electron chi connectivity index (χ0n) is 10.3. The van der Waals surface area contributed by atoms with Gasteiger partial charge in [0.1, 0.15) is 0 Å². The number of nitrogens with zero attached hydrogens (tertiary/aromatic N) is 1. The molecule has 0 spiro atoms. The lowest BCUT2D eigenvalue weighted by Crippen LogP contribution is -2.41. The Morgan fingerprint density at radius 2 is 1.62 bits per heavy atom. The van der Waals surface area contributed by atoms with Crippen LogP contribution in [0.3, 0.4) is 0 Å². The van der Waals surface area contributed by atoms with Crippen molar-refractivity contribution in [2.75, 3.05) is 13.1 Å². The van der Waals surface area contributed by atoms with Gasteiger partial charge in [0.25, 0.3) is 0 Å². The lowest BCUT2D eigenvalue weighted by Gasteiger charge is -2.32. The van der Waals surface area contributed by atoms with E-state index >= 15 is 0 Å². The first-order chi connectivity index (χ1) is 7.78. The number of β-amino-alcohol motifs (C(OH)–C–C–N with tert-alkyl or cyclic N) is 1. The molecule has 1 N–H and O–H groups in total. The Hall–Kier alpha value is -0.0800. The summed E-state index contributed by atoms with van der Waals surface area (Å²) in [4.78, 5) is 2.55. The fourth-order valence-electron chi connectivity index (χ4n) is 3.75. The molecule has 2 aliphatic carbocycles. The molecule has 2 saturated carbocycles. The molecule has 3 aliphatic rings. The molecule has 16 heavy (non-hydrogen) atoms. The van der Waals surface area contributed by atoms with Crippen LogP contribution in [0, 0.1) is 5.92 Å². The highest BCUT2D eigenvalue weighted by molar-refractivity contribution is 5.00. The molecule has 1 aliphatic heterocycles. The van der Waals surface area contributed by atoms with Crippen molar-refractivity contribution in [3.63, 3.8) is 0 Å². The lowest BCUT2D eigenvalue weighted by atomic mass is 9.81. The fraction of sp³-hybridized carbons (Fsp3) is 1.00. The van der Waals surface area contributed by atoms with E-state index in [2.05, 4.69) is 4.90 Å².